The Hall–Kier alpha value is -2.38. The van der Waals surface area contributed by atoms with Crippen LogP contribution in [0.25, 0.3) is 21.9 Å². The predicted molar refractivity (Wildman–Crippen MR) is 84.2 cm³/mol. The zero-order valence-electron chi connectivity index (χ0n) is 12.1. The fourth-order valence-electron chi connectivity index (χ4n) is 2.62. The van der Waals surface area contributed by atoms with Crippen LogP contribution in [0.15, 0.2) is 65.6 Å². The van der Waals surface area contributed by atoms with Crippen LogP contribution in [-0.4, -0.2) is 13.0 Å². The van der Waals surface area contributed by atoms with E-state index in [1.807, 2.05) is 0 Å². The topological polar surface area (TPSA) is 54.4 Å². The summed E-state index contributed by atoms with van der Waals surface area (Å²) >= 11 is 0. The van der Waals surface area contributed by atoms with Crippen molar-refractivity contribution in [2.45, 2.75) is 11.1 Å². The number of fused-ring (bicyclic) bond motifs is 1. The number of hydrogen-bond acceptors (Lipinski definition) is 2. The van der Waals surface area contributed by atoms with Crippen molar-refractivity contribution in [2.24, 2.45) is 0 Å². The van der Waals surface area contributed by atoms with Gasteiger partial charge in [0.1, 0.15) is 4.90 Å². The SMILES string of the molecule is O=S(=O)(O)c1ccc2ccccc2c1-c1cccc(C(F)(F)F)c1. The van der Waals surface area contributed by atoms with Crippen LogP contribution < -0.4 is 0 Å². The number of alkyl halides is 3. The van der Waals surface area contributed by atoms with Gasteiger partial charge in [0.05, 0.1) is 5.56 Å². The van der Waals surface area contributed by atoms with Crippen molar-refractivity contribution in [3.63, 3.8) is 0 Å². The molecule has 0 aliphatic carbocycles. The fraction of sp³-hybridized carbons (Fsp3) is 0.0588. The van der Waals surface area contributed by atoms with E-state index in [4.69, 9.17) is 0 Å². The third kappa shape index (κ3) is 3.00. The second-order valence-corrected chi connectivity index (χ2v) is 6.60. The number of rotatable bonds is 2. The van der Waals surface area contributed by atoms with Gasteiger partial charge in [-0.25, -0.2) is 0 Å². The Balaban J connectivity index is 2.40. The molecule has 0 spiro atoms. The number of hydrogen-bond donors (Lipinski definition) is 1. The molecule has 0 fully saturated rings. The van der Waals surface area contributed by atoms with Gasteiger partial charge in [-0.1, -0.05) is 42.5 Å². The number of halogens is 3. The Morgan fingerprint density at radius 2 is 1.58 bits per heavy atom. The fourth-order valence-corrected chi connectivity index (χ4v) is 3.34. The molecule has 24 heavy (non-hydrogen) atoms. The molecule has 0 bridgehead atoms. The molecule has 3 aromatic rings. The van der Waals surface area contributed by atoms with Crippen LogP contribution in [0.5, 0.6) is 0 Å². The van der Waals surface area contributed by atoms with Gasteiger partial charge in [-0.15, -0.1) is 0 Å². The summed E-state index contributed by atoms with van der Waals surface area (Å²) < 4.78 is 71.7. The van der Waals surface area contributed by atoms with Crippen molar-refractivity contribution in [3.05, 3.63) is 66.2 Å². The second kappa shape index (κ2) is 5.61. The molecule has 0 unspecified atom stereocenters. The van der Waals surface area contributed by atoms with Gasteiger partial charge in [-0.2, -0.15) is 21.6 Å². The average molecular weight is 352 g/mol. The maximum absolute atomic E-state index is 13.0. The molecule has 0 aliphatic heterocycles. The molecule has 0 radical (unpaired) electrons. The number of benzene rings is 3. The Morgan fingerprint density at radius 1 is 0.875 bits per heavy atom. The van der Waals surface area contributed by atoms with Crippen molar-refractivity contribution < 1.29 is 26.1 Å². The molecular formula is C17H11F3O3S. The van der Waals surface area contributed by atoms with Gasteiger partial charge in [0, 0.05) is 5.56 Å². The molecule has 7 heteroatoms. The molecule has 124 valence electrons. The van der Waals surface area contributed by atoms with E-state index < -0.39 is 26.8 Å². The zero-order valence-corrected chi connectivity index (χ0v) is 12.9. The largest absolute Gasteiger partial charge is 0.416 e. The molecule has 3 rings (SSSR count). The Bertz CT molecular complexity index is 1020. The summed E-state index contributed by atoms with van der Waals surface area (Å²) in [5, 5.41) is 1.09. The average Bonchev–Trinajstić information content (AvgIpc) is 2.52. The highest BCUT2D eigenvalue weighted by Crippen LogP contribution is 2.37. The first kappa shape index (κ1) is 16.5. The lowest BCUT2D eigenvalue weighted by Crippen LogP contribution is -2.05. The van der Waals surface area contributed by atoms with E-state index in [1.165, 1.54) is 24.3 Å². The molecule has 0 saturated carbocycles. The maximum atomic E-state index is 13.0. The smallest absolute Gasteiger partial charge is 0.282 e. The molecular weight excluding hydrogens is 341 g/mol. The van der Waals surface area contributed by atoms with Crippen LogP contribution in [0.1, 0.15) is 5.56 Å². The molecule has 0 atom stereocenters. The predicted octanol–water partition coefficient (Wildman–Crippen LogP) is 4.77. The Morgan fingerprint density at radius 3 is 2.25 bits per heavy atom. The lowest BCUT2D eigenvalue weighted by molar-refractivity contribution is -0.137. The van der Waals surface area contributed by atoms with Crippen LogP contribution in [0, 0.1) is 0 Å². The van der Waals surface area contributed by atoms with Gasteiger partial charge in [-0.05, 0) is 34.5 Å². The molecule has 0 aliphatic rings. The highest BCUT2D eigenvalue weighted by Gasteiger charge is 2.31. The van der Waals surface area contributed by atoms with Crippen molar-refractivity contribution in [1.29, 1.82) is 0 Å². The minimum absolute atomic E-state index is 0.0432. The first-order chi connectivity index (χ1) is 11.2. The van der Waals surface area contributed by atoms with E-state index in [2.05, 4.69) is 0 Å². The van der Waals surface area contributed by atoms with Crippen LogP contribution in [0.4, 0.5) is 13.2 Å². The van der Waals surface area contributed by atoms with Crippen LogP contribution in [0.3, 0.4) is 0 Å². The molecule has 0 amide bonds. The van der Waals surface area contributed by atoms with Gasteiger partial charge in [0.2, 0.25) is 0 Å². The summed E-state index contributed by atoms with van der Waals surface area (Å²) in [4.78, 5) is -0.430. The lowest BCUT2D eigenvalue weighted by Gasteiger charge is -2.14. The molecule has 3 aromatic carbocycles. The first-order valence-electron chi connectivity index (χ1n) is 6.85. The molecule has 0 aromatic heterocycles. The van der Waals surface area contributed by atoms with Gasteiger partial charge in [0.15, 0.2) is 0 Å². The van der Waals surface area contributed by atoms with E-state index in [9.17, 15) is 26.1 Å². The zero-order chi connectivity index (χ0) is 17.5. The highest BCUT2D eigenvalue weighted by atomic mass is 32.2. The first-order valence-corrected chi connectivity index (χ1v) is 8.29. The Labute approximate surface area is 136 Å². The van der Waals surface area contributed by atoms with Crippen LogP contribution >= 0.6 is 0 Å². The summed E-state index contributed by atoms with van der Waals surface area (Å²) in [7, 11) is -4.60. The quantitative estimate of drug-likeness (QED) is 0.676. The molecule has 0 heterocycles. The highest BCUT2D eigenvalue weighted by molar-refractivity contribution is 7.86. The van der Waals surface area contributed by atoms with E-state index in [1.54, 1.807) is 24.3 Å². The summed E-state index contributed by atoms with van der Waals surface area (Å²) in [6, 6.07) is 13.7. The van der Waals surface area contributed by atoms with Gasteiger partial charge in [-0.3, -0.25) is 4.55 Å². The molecule has 3 nitrogen and oxygen atoms in total. The van der Waals surface area contributed by atoms with Crippen LogP contribution in [-0.2, 0) is 16.3 Å². The normalized spacial score (nSPS) is 12.5. The molecule has 1 N–H and O–H groups in total. The van der Waals surface area contributed by atoms with Gasteiger partial charge in [0.25, 0.3) is 10.1 Å². The van der Waals surface area contributed by atoms with Crippen molar-refractivity contribution in [1.82, 2.24) is 0 Å². The van der Waals surface area contributed by atoms with Crippen molar-refractivity contribution in [3.8, 4) is 11.1 Å². The standard InChI is InChI=1S/C17H11F3O3S/c18-17(19,20)13-6-3-5-12(10-13)16-14-7-2-1-4-11(14)8-9-15(16)24(21,22)23/h1-10H,(H,21,22,23). The van der Waals surface area contributed by atoms with Crippen molar-refractivity contribution >= 4 is 20.9 Å². The summed E-state index contributed by atoms with van der Waals surface area (Å²) in [5.74, 6) is 0. The minimum Gasteiger partial charge on any atom is -0.282 e. The van der Waals surface area contributed by atoms with E-state index in [0.29, 0.717) is 10.8 Å². The van der Waals surface area contributed by atoms with E-state index in [0.717, 1.165) is 12.1 Å². The van der Waals surface area contributed by atoms with Gasteiger partial charge < -0.3 is 0 Å². The molecule has 0 saturated heterocycles. The third-order valence-corrected chi connectivity index (χ3v) is 4.54. The second-order valence-electron chi connectivity index (χ2n) is 5.21. The van der Waals surface area contributed by atoms with Gasteiger partial charge >= 0.3 is 6.18 Å². The minimum atomic E-state index is -4.60. The monoisotopic (exact) mass is 352 g/mol. The van der Waals surface area contributed by atoms with Crippen LogP contribution in [0.2, 0.25) is 0 Å². The summed E-state index contributed by atoms with van der Waals surface area (Å²) in [6.45, 7) is 0. The van der Waals surface area contributed by atoms with E-state index in [-0.39, 0.29) is 11.1 Å². The Kier molecular flexibility index (Phi) is 3.85. The summed E-state index contributed by atoms with van der Waals surface area (Å²) in [5.41, 5.74) is -0.787. The summed E-state index contributed by atoms with van der Waals surface area (Å²) in [6.07, 6.45) is -4.56. The van der Waals surface area contributed by atoms with E-state index >= 15 is 0 Å². The maximum Gasteiger partial charge on any atom is 0.416 e. The third-order valence-electron chi connectivity index (χ3n) is 3.65. The van der Waals surface area contributed by atoms with Crippen molar-refractivity contribution in [2.75, 3.05) is 0 Å². The lowest BCUT2D eigenvalue weighted by atomic mass is 9.97.